The fraction of sp³-hybridized carbons (Fsp3) is 0.444. The number of aliphatic hydroxyl groups is 1. The largest absolute Gasteiger partial charge is 0.495 e. The highest BCUT2D eigenvalue weighted by Gasteiger charge is 2.12. The summed E-state index contributed by atoms with van der Waals surface area (Å²) in [6.45, 7) is 2.00. The molecule has 0 saturated heterocycles. The average Bonchev–Trinajstić information content (AvgIpc) is 2.16. The van der Waals surface area contributed by atoms with Crippen LogP contribution in [0.3, 0.4) is 0 Å². The highest BCUT2D eigenvalue weighted by molar-refractivity contribution is 5.30. The first-order valence-corrected chi connectivity index (χ1v) is 4.08. The first-order valence-electron chi connectivity index (χ1n) is 4.08. The summed E-state index contributed by atoms with van der Waals surface area (Å²) >= 11 is 0. The Morgan fingerprint density at radius 3 is 2.85 bits per heavy atom. The van der Waals surface area contributed by atoms with E-state index < -0.39 is 6.10 Å². The van der Waals surface area contributed by atoms with E-state index in [-0.39, 0.29) is 6.54 Å². The summed E-state index contributed by atoms with van der Waals surface area (Å²) in [7, 11) is 1.54. The van der Waals surface area contributed by atoms with Crippen LogP contribution in [0, 0.1) is 6.92 Å². The van der Waals surface area contributed by atoms with Gasteiger partial charge in [-0.25, -0.2) is 0 Å². The zero-order valence-electron chi connectivity index (χ0n) is 7.82. The second kappa shape index (κ2) is 4.20. The van der Waals surface area contributed by atoms with E-state index in [1.54, 1.807) is 13.2 Å². The third-order valence-electron chi connectivity index (χ3n) is 1.78. The van der Waals surface area contributed by atoms with Crippen molar-refractivity contribution in [3.63, 3.8) is 0 Å². The molecule has 0 saturated carbocycles. The van der Waals surface area contributed by atoms with Crippen molar-refractivity contribution in [3.05, 3.63) is 23.5 Å². The average molecular weight is 182 g/mol. The van der Waals surface area contributed by atoms with Crippen LogP contribution in [-0.2, 0) is 0 Å². The zero-order chi connectivity index (χ0) is 9.84. The van der Waals surface area contributed by atoms with Gasteiger partial charge in [0, 0.05) is 12.2 Å². The van der Waals surface area contributed by atoms with Crippen LogP contribution in [-0.4, -0.2) is 23.7 Å². The molecule has 4 nitrogen and oxygen atoms in total. The Labute approximate surface area is 77.4 Å². The maximum Gasteiger partial charge on any atom is 0.143 e. The number of aryl methyl sites for hydroxylation is 1. The van der Waals surface area contributed by atoms with Gasteiger partial charge in [0.2, 0.25) is 0 Å². The highest BCUT2D eigenvalue weighted by atomic mass is 16.5. The van der Waals surface area contributed by atoms with Gasteiger partial charge in [-0.3, -0.25) is 4.98 Å². The zero-order valence-corrected chi connectivity index (χ0v) is 7.82. The number of pyridine rings is 1. The van der Waals surface area contributed by atoms with Crippen LogP contribution in [0.2, 0.25) is 0 Å². The van der Waals surface area contributed by atoms with Gasteiger partial charge in [0.15, 0.2) is 0 Å². The molecule has 1 atom stereocenters. The van der Waals surface area contributed by atoms with Gasteiger partial charge in [-0.2, -0.15) is 0 Å². The van der Waals surface area contributed by atoms with Gasteiger partial charge in [0.25, 0.3) is 0 Å². The van der Waals surface area contributed by atoms with E-state index in [2.05, 4.69) is 4.98 Å². The van der Waals surface area contributed by atoms with Crippen molar-refractivity contribution in [3.8, 4) is 5.75 Å². The van der Waals surface area contributed by atoms with E-state index in [0.29, 0.717) is 11.4 Å². The maximum atomic E-state index is 9.50. The summed E-state index contributed by atoms with van der Waals surface area (Å²) in [6, 6.07) is 3.60. The van der Waals surface area contributed by atoms with E-state index in [4.69, 9.17) is 10.5 Å². The van der Waals surface area contributed by atoms with Crippen molar-refractivity contribution in [2.45, 2.75) is 13.0 Å². The maximum absolute atomic E-state index is 9.50. The molecule has 1 rings (SSSR count). The minimum Gasteiger partial charge on any atom is -0.495 e. The SMILES string of the molecule is COc1ccc(C)nc1C(O)CN. The predicted molar refractivity (Wildman–Crippen MR) is 49.5 cm³/mol. The van der Waals surface area contributed by atoms with Crippen molar-refractivity contribution in [1.82, 2.24) is 4.98 Å². The summed E-state index contributed by atoms with van der Waals surface area (Å²) in [5.41, 5.74) is 6.67. The number of nitrogens with zero attached hydrogens (tertiary/aromatic N) is 1. The third kappa shape index (κ3) is 2.17. The summed E-state index contributed by atoms with van der Waals surface area (Å²) in [4.78, 5) is 4.16. The molecule has 0 spiro atoms. The number of hydrogen-bond acceptors (Lipinski definition) is 4. The molecule has 0 bridgehead atoms. The van der Waals surface area contributed by atoms with E-state index in [1.165, 1.54) is 0 Å². The number of aliphatic hydroxyl groups excluding tert-OH is 1. The van der Waals surface area contributed by atoms with Gasteiger partial charge in [-0.1, -0.05) is 0 Å². The lowest BCUT2D eigenvalue weighted by molar-refractivity contribution is 0.176. The smallest absolute Gasteiger partial charge is 0.143 e. The van der Waals surface area contributed by atoms with Crippen LogP contribution in [0.5, 0.6) is 5.75 Å². The molecule has 0 aliphatic carbocycles. The number of rotatable bonds is 3. The van der Waals surface area contributed by atoms with Crippen molar-refractivity contribution in [2.75, 3.05) is 13.7 Å². The van der Waals surface area contributed by atoms with E-state index in [1.807, 2.05) is 13.0 Å². The summed E-state index contributed by atoms with van der Waals surface area (Å²) in [6.07, 6.45) is -0.755. The van der Waals surface area contributed by atoms with Crippen LogP contribution in [0.15, 0.2) is 12.1 Å². The molecule has 0 fully saturated rings. The van der Waals surface area contributed by atoms with Gasteiger partial charge in [-0.05, 0) is 19.1 Å². The molecular formula is C9H14N2O2. The van der Waals surface area contributed by atoms with Crippen molar-refractivity contribution in [2.24, 2.45) is 5.73 Å². The number of nitrogens with two attached hydrogens (primary N) is 1. The monoisotopic (exact) mass is 182 g/mol. The Balaban J connectivity index is 3.07. The number of ether oxygens (including phenoxy) is 1. The van der Waals surface area contributed by atoms with Crippen LogP contribution in [0.25, 0.3) is 0 Å². The Hall–Kier alpha value is -1.13. The lowest BCUT2D eigenvalue weighted by Crippen LogP contribution is -2.14. The second-order valence-electron chi connectivity index (χ2n) is 2.79. The quantitative estimate of drug-likeness (QED) is 0.709. The summed E-state index contributed by atoms with van der Waals surface area (Å²) in [5, 5.41) is 9.50. The van der Waals surface area contributed by atoms with Crippen molar-refractivity contribution < 1.29 is 9.84 Å². The molecule has 0 aliphatic heterocycles. The molecule has 0 radical (unpaired) electrons. The molecule has 1 aromatic rings. The van der Waals surface area contributed by atoms with Crippen LogP contribution in [0.4, 0.5) is 0 Å². The summed E-state index contributed by atoms with van der Waals surface area (Å²) < 4.78 is 5.05. The Kier molecular flexibility index (Phi) is 3.22. The summed E-state index contributed by atoms with van der Waals surface area (Å²) in [5.74, 6) is 0.573. The highest BCUT2D eigenvalue weighted by Crippen LogP contribution is 2.22. The molecule has 1 heterocycles. The third-order valence-corrected chi connectivity index (χ3v) is 1.78. The molecule has 3 N–H and O–H groups in total. The Bertz CT molecular complexity index is 289. The normalized spacial score (nSPS) is 12.6. The van der Waals surface area contributed by atoms with Gasteiger partial charge >= 0.3 is 0 Å². The minimum atomic E-state index is -0.755. The van der Waals surface area contributed by atoms with Crippen LogP contribution >= 0.6 is 0 Å². The van der Waals surface area contributed by atoms with E-state index in [0.717, 1.165) is 5.69 Å². The minimum absolute atomic E-state index is 0.146. The molecule has 13 heavy (non-hydrogen) atoms. The molecular weight excluding hydrogens is 168 g/mol. The predicted octanol–water partition coefficient (Wildman–Crippen LogP) is 0.391. The second-order valence-corrected chi connectivity index (χ2v) is 2.79. The number of methoxy groups -OCH3 is 1. The molecule has 1 aromatic heterocycles. The van der Waals surface area contributed by atoms with Crippen molar-refractivity contribution >= 4 is 0 Å². The Morgan fingerprint density at radius 1 is 1.62 bits per heavy atom. The first kappa shape index (κ1) is 9.95. The lowest BCUT2D eigenvalue weighted by atomic mass is 10.2. The number of aromatic nitrogens is 1. The fourth-order valence-corrected chi connectivity index (χ4v) is 1.09. The first-order chi connectivity index (χ1) is 6.19. The standard InChI is InChI=1S/C9H14N2O2/c1-6-3-4-8(13-2)9(11-6)7(12)5-10/h3-4,7,12H,5,10H2,1-2H3. The van der Waals surface area contributed by atoms with Gasteiger partial charge < -0.3 is 15.6 Å². The molecule has 0 amide bonds. The molecule has 1 unspecified atom stereocenters. The Morgan fingerprint density at radius 2 is 2.31 bits per heavy atom. The molecule has 0 aliphatic rings. The van der Waals surface area contributed by atoms with Gasteiger partial charge in [0.1, 0.15) is 17.5 Å². The van der Waals surface area contributed by atoms with Gasteiger partial charge in [-0.15, -0.1) is 0 Å². The fourth-order valence-electron chi connectivity index (χ4n) is 1.09. The topological polar surface area (TPSA) is 68.4 Å². The molecule has 0 aromatic carbocycles. The van der Waals surface area contributed by atoms with Crippen LogP contribution in [0.1, 0.15) is 17.5 Å². The van der Waals surface area contributed by atoms with Gasteiger partial charge in [0.05, 0.1) is 7.11 Å². The van der Waals surface area contributed by atoms with E-state index >= 15 is 0 Å². The molecule has 72 valence electrons. The van der Waals surface area contributed by atoms with Crippen LogP contribution < -0.4 is 10.5 Å². The number of hydrogen-bond donors (Lipinski definition) is 2. The van der Waals surface area contributed by atoms with Crippen molar-refractivity contribution in [1.29, 1.82) is 0 Å². The molecule has 4 heteroatoms. The lowest BCUT2D eigenvalue weighted by Gasteiger charge is -2.12. The van der Waals surface area contributed by atoms with E-state index in [9.17, 15) is 5.11 Å².